The number of aromatic nitrogens is 4. The molecule has 2 aromatic rings. The van der Waals surface area contributed by atoms with E-state index < -0.39 is 0 Å². The Balaban J connectivity index is 1.43. The number of rotatable bonds is 5. The number of carbonyl (C=O) groups is 2. The molecule has 0 atom stereocenters. The van der Waals surface area contributed by atoms with Gasteiger partial charge >= 0.3 is 0 Å². The largest absolute Gasteiger partial charge is 0.364 e. The van der Waals surface area contributed by atoms with Crippen molar-refractivity contribution < 1.29 is 9.59 Å². The van der Waals surface area contributed by atoms with Crippen molar-refractivity contribution in [1.82, 2.24) is 30.0 Å². The number of amides is 2. The fourth-order valence-electron chi connectivity index (χ4n) is 4.80. The zero-order valence-electron chi connectivity index (χ0n) is 18.9. The summed E-state index contributed by atoms with van der Waals surface area (Å²) in [5.74, 6) is 1.27. The molecular weight excluding hydrogens is 408 g/mol. The van der Waals surface area contributed by atoms with Crippen LogP contribution < -0.4 is 10.2 Å². The summed E-state index contributed by atoms with van der Waals surface area (Å²) in [6.45, 7) is 9.23. The summed E-state index contributed by atoms with van der Waals surface area (Å²) in [4.78, 5) is 40.0. The third kappa shape index (κ3) is 3.57. The topological polar surface area (TPSA) is 110 Å². The molecule has 4 heterocycles. The lowest BCUT2D eigenvalue weighted by Gasteiger charge is -2.34. The summed E-state index contributed by atoms with van der Waals surface area (Å²) in [5.41, 5.74) is 4.89. The van der Waals surface area contributed by atoms with Gasteiger partial charge in [0.25, 0.3) is 5.91 Å². The molecule has 5 rings (SSSR count). The molecule has 1 saturated heterocycles. The minimum Gasteiger partial charge on any atom is -0.364 e. The number of nitrogens with zero attached hydrogens (tertiary/aromatic N) is 6. The third-order valence-electron chi connectivity index (χ3n) is 6.73. The Morgan fingerprint density at radius 3 is 2.62 bits per heavy atom. The van der Waals surface area contributed by atoms with Gasteiger partial charge in [0.15, 0.2) is 0 Å². The highest BCUT2D eigenvalue weighted by Gasteiger charge is 2.35. The Kier molecular flexibility index (Phi) is 5.22. The molecule has 2 aromatic heterocycles. The molecule has 2 N–H and O–H groups in total. The number of hydrogen-bond acceptors (Lipinski definition) is 7. The smallest absolute Gasteiger partial charge is 0.273 e. The second kappa shape index (κ2) is 8.07. The molecule has 2 amide bonds. The number of piperazine rings is 1. The number of aromatic amines is 1. The summed E-state index contributed by atoms with van der Waals surface area (Å²) in [7, 11) is 0. The highest BCUT2D eigenvalue weighted by atomic mass is 16.2. The maximum absolute atomic E-state index is 13.1. The van der Waals surface area contributed by atoms with E-state index >= 15 is 0 Å². The number of nitrogens with one attached hydrogen (secondary N) is 2. The molecule has 32 heavy (non-hydrogen) atoms. The van der Waals surface area contributed by atoms with Crippen LogP contribution in [-0.2, 0) is 30.7 Å². The van der Waals surface area contributed by atoms with E-state index in [1.807, 2.05) is 23.6 Å². The Hall–Kier alpha value is -3.17. The molecule has 10 heteroatoms. The molecule has 3 aliphatic rings. The second-order valence-corrected chi connectivity index (χ2v) is 9.05. The summed E-state index contributed by atoms with van der Waals surface area (Å²) >= 11 is 0. The van der Waals surface area contributed by atoms with E-state index in [1.165, 1.54) is 11.3 Å². The molecule has 170 valence electrons. The van der Waals surface area contributed by atoms with Crippen molar-refractivity contribution in [3.05, 3.63) is 28.2 Å². The van der Waals surface area contributed by atoms with Gasteiger partial charge in [0.05, 0.1) is 18.8 Å². The van der Waals surface area contributed by atoms with Crippen molar-refractivity contribution in [3.8, 4) is 0 Å². The zero-order chi connectivity index (χ0) is 22.4. The molecule has 0 unspecified atom stereocenters. The lowest BCUT2D eigenvalue weighted by atomic mass is 10.2. The van der Waals surface area contributed by atoms with Crippen LogP contribution in [0.2, 0.25) is 0 Å². The molecule has 0 radical (unpaired) electrons. The normalized spacial score (nSPS) is 17.9. The summed E-state index contributed by atoms with van der Waals surface area (Å²) in [6, 6.07) is 0.0849. The minimum atomic E-state index is -0.0512. The van der Waals surface area contributed by atoms with Gasteiger partial charge in [0.1, 0.15) is 11.5 Å². The van der Waals surface area contributed by atoms with Gasteiger partial charge in [-0.3, -0.25) is 14.7 Å². The van der Waals surface area contributed by atoms with Gasteiger partial charge in [-0.25, -0.2) is 4.98 Å². The molecule has 10 nitrogen and oxygen atoms in total. The number of anilines is 2. The number of aryl methyl sites for hydroxylation is 1. The van der Waals surface area contributed by atoms with E-state index in [2.05, 4.69) is 25.4 Å². The molecule has 0 saturated carbocycles. The summed E-state index contributed by atoms with van der Waals surface area (Å²) in [5, 5.41) is 11.1. The summed E-state index contributed by atoms with van der Waals surface area (Å²) in [6.07, 6.45) is 3.27. The number of carbonyl (C=O) groups excluding carboxylic acids is 2. The van der Waals surface area contributed by atoms with Crippen molar-refractivity contribution in [2.24, 2.45) is 0 Å². The summed E-state index contributed by atoms with van der Waals surface area (Å²) < 4.78 is 0. The van der Waals surface area contributed by atoms with E-state index in [0.29, 0.717) is 56.7 Å². The highest BCUT2D eigenvalue weighted by molar-refractivity contribution is 5.98. The van der Waals surface area contributed by atoms with Gasteiger partial charge in [0.2, 0.25) is 11.9 Å². The predicted octanol–water partition coefficient (Wildman–Crippen LogP) is 1.33. The predicted molar refractivity (Wildman–Crippen MR) is 119 cm³/mol. The zero-order valence-corrected chi connectivity index (χ0v) is 18.9. The van der Waals surface area contributed by atoms with E-state index in [-0.39, 0.29) is 17.9 Å². The van der Waals surface area contributed by atoms with Crippen LogP contribution in [0.25, 0.3) is 0 Å². The Labute approximate surface area is 187 Å². The van der Waals surface area contributed by atoms with Crippen molar-refractivity contribution in [2.45, 2.75) is 59.2 Å². The van der Waals surface area contributed by atoms with Crippen LogP contribution in [0.3, 0.4) is 0 Å². The van der Waals surface area contributed by atoms with Gasteiger partial charge in [-0.2, -0.15) is 10.1 Å². The van der Waals surface area contributed by atoms with Crippen LogP contribution in [0.4, 0.5) is 11.8 Å². The molecule has 0 aromatic carbocycles. The van der Waals surface area contributed by atoms with E-state index in [0.717, 1.165) is 30.5 Å². The van der Waals surface area contributed by atoms with Crippen LogP contribution in [-0.4, -0.2) is 74.0 Å². The fourth-order valence-corrected chi connectivity index (χ4v) is 4.80. The van der Waals surface area contributed by atoms with Gasteiger partial charge in [-0.1, -0.05) is 0 Å². The first-order valence-electron chi connectivity index (χ1n) is 11.4. The minimum absolute atomic E-state index is 0.0512. The van der Waals surface area contributed by atoms with Crippen LogP contribution in [0.15, 0.2) is 0 Å². The second-order valence-electron chi connectivity index (χ2n) is 9.05. The van der Waals surface area contributed by atoms with Gasteiger partial charge in [-0.15, -0.1) is 0 Å². The van der Waals surface area contributed by atoms with Crippen LogP contribution in [0, 0.1) is 0 Å². The maximum atomic E-state index is 13.1. The number of fused-ring (bicyclic) bond motifs is 2. The van der Waals surface area contributed by atoms with E-state index in [4.69, 9.17) is 4.98 Å². The van der Waals surface area contributed by atoms with E-state index in [9.17, 15) is 9.59 Å². The van der Waals surface area contributed by atoms with E-state index in [1.54, 1.807) is 6.92 Å². The first-order valence-corrected chi connectivity index (χ1v) is 11.4. The monoisotopic (exact) mass is 438 g/mol. The van der Waals surface area contributed by atoms with Crippen molar-refractivity contribution in [3.63, 3.8) is 0 Å². The first kappa shape index (κ1) is 20.7. The lowest BCUT2D eigenvalue weighted by Crippen LogP contribution is -2.48. The van der Waals surface area contributed by atoms with Crippen molar-refractivity contribution >= 4 is 23.6 Å². The molecule has 1 aliphatic carbocycles. The lowest BCUT2D eigenvalue weighted by molar-refractivity contribution is -0.129. The van der Waals surface area contributed by atoms with Gasteiger partial charge in [0, 0.05) is 50.4 Å². The average molecular weight is 439 g/mol. The maximum Gasteiger partial charge on any atom is 0.273 e. The molecule has 2 aliphatic heterocycles. The number of H-pyrrole nitrogens is 1. The third-order valence-corrected chi connectivity index (χ3v) is 6.73. The fraction of sp³-hybridized carbons (Fsp3) is 0.591. The van der Waals surface area contributed by atoms with Crippen LogP contribution >= 0.6 is 0 Å². The van der Waals surface area contributed by atoms with Crippen LogP contribution in [0.5, 0.6) is 0 Å². The van der Waals surface area contributed by atoms with Crippen molar-refractivity contribution in [2.75, 3.05) is 36.4 Å². The SMILES string of the molecule is CC(=O)N1CCN(c2nc(NCc3n[nH]c4c3CCC4)c3c(n2)C(=O)N(C(C)C)C3)CC1. The molecule has 0 spiro atoms. The van der Waals surface area contributed by atoms with Crippen molar-refractivity contribution in [1.29, 1.82) is 0 Å². The standard InChI is InChI=1S/C22H30N8O2/c1-13(2)30-12-16-19(21(30)32)24-22(29-9-7-28(8-10-29)14(3)31)25-20(16)23-11-18-15-5-4-6-17(15)26-27-18/h13H,4-12H2,1-3H3,(H,26,27)(H,23,24,25). The van der Waals surface area contributed by atoms with Gasteiger partial charge < -0.3 is 20.0 Å². The quantitative estimate of drug-likeness (QED) is 0.725. The first-order chi connectivity index (χ1) is 15.4. The Morgan fingerprint density at radius 1 is 1.12 bits per heavy atom. The molecule has 1 fully saturated rings. The van der Waals surface area contributed by atoms with Crippen LogP contribution in [0.1, 0.15) is 60.2 Å². The molecule has 0 bridgehead atoms. The Morgan fingerprint density at radius 2 is 1.91 bits per heavy atom. The number of hydrogen-bond donors (Lipinski definition) is 2. The average Bonchev–Trinajstić information content (AvgIpc) is 3.48. The van der Waals surface area contributed by atoms with Gasteiger partial charge in [-0.05, 0) is 38.7 Å². The molecular formula is C22H30N8O2. The highest BCUT2D eigenvalue weighted by Crippen LogP contribution is 2.31. The Bertz CT molecular complexity index is 1050.